The first-order valence-corrected chi connectivity index (χ1v) is 15.5. The topological polar surface area (TPSA) is 118 Å². The largest absolute Gasteiger partial charge is 0.507 e. The van der Waals surface area contributed by atoms with Gasteiger partial charge < -0.3 is 19.3 Å². The molecule has 0 spiro atoms. The van der Waals surface area contributed by atoms with Gasteiger partial charge in [0.2, 0.25) is 5.60 Å². The molecule has 3 heterocycles. The fraction of sp³-hybridized carbons (Fsp3) is 0.353. The normalized spacial score (nSPS) is 14.1. The number of hydrogen-bond acceptors (Lipinski definition) is 8. The second kappa shape index (κ2) is 14.1. The van der Waals surface area contributed by atoms with Gasteiger partial charge in [0.25, 0.3) is 0 Å². The average molecular weight is 670 g/mol. The smallest absolute Gasteiger partial charge is 0.349 e. The van der Waals surface area contributed by atoms with E-state index in [1.807, 2.05) is 76.2 Å². The molecule has 0 amide bonds. The average Bonchev–Trinajstić information content (AvgIpc) is 3.63. The number of aryl methyl sites for hydroxylation is 2. The lowest BCUT2D eigenvalue weighted by Gasteiger charge is -2.22. The van der Waals surface area contributed by atoms with E-state index in [1.165, 1.54) is 18.5 Å². The molecular formula is C34H38Cl2N4O6. The molecule has 0 saturated heterocycles. The van der Waals surface area contributed by atoms with Crippen LogP contribution in [0.2, 0.25) is 10.0 Å². The minimum absolute atomic E-state index is 0.0950. The van der Waals surface area contributed by atoms with Crippen LogP contribution in [-0.2, 0) is 30.3 Å². The quantitative estimate of drug-likeness (QED) is 0.192. The molecule has 4 aromatic rings. The lowest BCUT2D eigenvalue weighted by Crippen LogP contribution is -2.39. The van der Waals surface area contributed by atoms with Crippen molar-refractivity contribution in [3.63, 3.8) is 0 Å². The van der Waals surface area contributed by atoms with Gasteiger partial charge >= 0.3 is 11.9 Å². The van der Waals surface area contributed by atoms with Gasteiger partial charge in [0, 0.05) is 32.6 Å². The third-order valence-corrected chi connectivity index (χ3v) is 7.74. The zero-order valence-corrected chi connectivity index (χ0v) is 28.4. The highest BCUT2D eigenvalue weighted by Crippen LogP contribution is 2.33. The first-order valence-electron chi connectivity index (χ1n) is 14.7. The predicted octanol–water partition coefficient (Wildman–Crippen LogP) is 7.44. The van der Waals surface area contributed by atoms with Crippen molar-refractivity contribution in [2.45, 2.75) is 66.2 Å². The highest BCUT2D eigenvalue weighted by Gasteiger charge is 2.36. The van der Waals surface area contributed by atoms with Crippen LogP contribution in [0.15, 0.2) is 66.4 Å². The van der Waals surface area contributed by atoms with Crippen LogP contribution in [0.4, 0.5) is 0 Å². The van der Waals surface area contributed by atoms with Crippen LogP contribution < -0.4 is 0 Å². The zero-order chi connectivity index (χ0) is 33.8. The summed E-state index contributed by atoms with van der Waals surface area (Å²) in [6.07, 6.45) is 0. The summed E-state index contributed by atoms with van der Waals surface area (Å²) in [6.45, 7) is 12.7. The van der Waals surface area contributed by atoms with Crippen molar-refractivity contribution in [1.29, 1.82) is 0 Å². The van der Waals surface area contributed by atoms with E-state index in [-0.39, 0.29) is 18.9 Å². The van der Waals surface area contributed by atoms with Crippen LogP contribution in [0.5, 0.6) is 0 Å². The van der Waals surface area contributed by atoms with E-state index in [4.69, 9.17) is 37.4 Å². The van der Waals surface area contributed by atoms with Gasteiger partial charge in [-0.1, -0.05) is 47.5 Å². The molecule has 0 saturated carbocycles. The summed E-state index contributed by atoms with van der Waals surface area (Å²) in [5, 5.41) is 20.6. The number of aromatic nitrogens is 4. The third-order valence-electron chi connectivity index (χ3n) is 7.23. The number of benzene rings is 2. The van der Waals surface area contributed by atoms with Crippen molar-refractivity contribution in [2.24, 2.45) is 0 Å². The Labute approximate surface area is 278 Å². The van der Waals surface area contributed by atoms with Gasteiger partial charge in [0.1, 0.15) is 23.6 Å². The van der Waals surface area contributed by atoms with Crippen molar-refractivity contribution in [3.8, 4) is 22.5 Å². The minimum Gasteiger partial charge on any atom is -0.507 e. The standard InChI is InChI=1S/C18H21ClN2O4.C16H17ClN2O2/c1-5-24-17(23)18(3,4)25-16(22)11-21-12(2)10-15(20-21)13-6-8-14(19)9-7-13;1-10-8-13(11-4-6-12(17)7-5-11)18-19(10)14-9-21-16(2,3)15(14)20/h6-10H,5,11H2,1-4H3;4-8,20H,9H2,1-3H3. The predicted molar refractivity (Wildman–Crippen MR) is 177 cm³/mol. The van der Waals surface area contributed by atoms with Gasteiger partial charge in [-0.15, -0.1) is 0 Å². The summed E-state index contributed by atoms with van der Waals surface area (Å²) in [6, 6.07) is 18.7. The molecule has 0 radical (unpaired) electrons. The molecule has 0 atom stereocenters. The molecule has 2 aromatic carbocycles. The molecule has 5 rings (SSSR count). The number of esters is 2. The fourth-order valence-corrected chi connectivity index (χ4v) is 4.87. The number of halogens is 2. The van der Waals surface area contributed by atoms with E-state index in [9.17, 15) is 14.7 Å². The van der Waals surface area contributed by atoms with E-state index in [1.54, 1.807) is 23.7 Å². The summed E-state index contributed by atoms with van der Waals surface area (Å²) < 4.78 is 19.0. The summed E-state index contributed by atoms with van der Waals surface area (Å²) in [7, 11) is 0. The number of carbonyl (C=O) groups excluding carboxylic acids is 2. The molecule has 0 aliphatic carbocycles. The molecule has 244 valence electrons. The van der Waals surface area contributed by atoms with E-state index in [0.717, 1.165) is 33.9 Å². The number of hydrogen-bond donors (Lipinski definition) is 1. The maximum atomic E-state index is 12.2. The first kappa shape index (κ1) is 34.7. The van der Waals surface area contributed by atoms with Gasteiger partial charge in [-0.05, 0) is 84.9 Å². The second-order valence-electron chi connectivity index (χ2n) is 11.7. The van der Waals surface area contributed by atoms with Crippen molar-refractivity contribution in [3.05, 3.63) is 87.9 Å². The first-order chi connectivity index (χ1) is 21.6. The number of aliphatic hydroxyl groups excluding tert-OH is 1. The van der Waals surface area contributed by atoms with Gasteiger partial charge in [-0.3, -0.25) is 9.48 Å². The number of nitrogens with zero attached hydrogens (tertiary/aromatic N) is 4. The Morgan fingerprint density at radius 3 is 1.96 bits per heavy atom. The van der Waals surface area contributed by atoms with Crippen LogP contribution in [0.3, 0.4) is 0 Å². The number of ether oxygens (including phenoxy) is 3. The lowest BCUT2D eigenvalue weighted by atomic mass is 10.1. The van der Waals surface area contributed by atoms with Crippen molar-refractivity contribution < 1.29 is 28.9 Å². The molecule has 10 nitrogen and oxygen atoms in total. The number of rotatable bonds is 8. The molecule has 0 unspecified atom stereocenters. The van der Waals surface area contributed by atoms with E-state index >= 15 is 0 Å². The monoisotopic (exact) mass is 668 g/mol. The maximum absolute atomic E-state index is 12.2. The molecule has 0 fully saturated rings. The van der Waals surface area contributed by atoms with Gasteiger partial charge in [-0.2, -0.15) is 10.2 Å². The highest BCUT2D eigenvalue weighted by atomic mass is 35.5. The number of carbonyl (C=O) groups is 2. The Hall–Kier alpha value is -4.12. The van der Waals surface area contributed by atoms with Crippen LogP contribution in [0.25, 0.3) is 28.2 Å². The summed E-state index contributed by atoms with van der Waals surface area (Å²) in [5.41, 5.74) is 3.89. The molecule has 12 heteroatoms. The Kier molecular flexibility index (Phi) is 10.7. The molecule has 0 bridgehead atoms. The highest BCUT2D eigenvalue weighted by molar-refractivity contribution is 6.30. The van der Waals surface area contributed by atoms with Crippen LogP contribution in [0, 0.1) is 13.8 Å². The minimum atomic E-state index is -1.34. The summed E-state index contributed by atoms with van der Waals surface area (Å²) in [5.74, 6) is -0.911. The Balaban J connectivity index is 0.000000211. The summed E-state index contributed by atoms with van der Waals surface area (Å²) in [4.78, 5) is 24.0. The number of aliphatic hydroxyl groups is 1. The molecular weight excluding hydrogens is 631 g/mol. The van der Waals surface area contributed by atoms with Crippen LogP contribution in [0.1, 0.15) is 46.0 Å². The van der Waals surface area contributed by atoms with Crippen molar-refractivity contribution >= 4 is 40.8 Å². The Morgan fingerprint density at radius 2 is 1.46 bits per heavy atom. The summed E-state index contributed by atoms with van der Waals surface area (Å²) >= 11 is 11.8. The van der Waals surface area contributed by atoms with Crippen molar-refractivity contribution in [2.75, 3.05) is 13.2 Å². The van der Waals surface area contributed by atoms with E-state index < -0.39 is 23.1 Å². The molecule has 1 aliphatic rings. The van der Waals surface area contributed by atoms with E-state index in [2.05, 4.69) is 10.2 Å². The Bertz CT molecular complexity index is 1740. The SMILES string of the molecule is CCOC(=O)C(C)(C)OC(=O)Cn1nc(-c2ccc(Cl)cc2)cc1C.Cc1cc(-c2ccc(Cl)cc2)nn1C1=C(O)C(C)(C)OC1. The zero-order valence-electron chi connectivity index (χ0n) is 26.9. The van der Waals surface area contributed by atoms with E-state index in [0.29, 0.717) is 22.3 Å². The van der Waals surface area contributed by atoms with Crippen molar-refractivity contribution in [1.82, 2.24) is 19.6 Å². The van der Waals surface area contributed by atoms with Gasteiger partial charge in [0.05, 0.1) is 24.6 Å². The van der Waals surface area contributed by atoms with Crippen LogP contribution in [-0.4, -0.2) is 61.0 Å². The molecule has 46 heavy (non-hydrogen) atoms. The second-order valence-corrected chi connectivity index (χ2v) is 12.6. The molecule has 1 aliphatic heterocycles. The fourth-order valence-electron chi connectivity index (χ4n) is 4.62. The van der Waals surface area contributed by atoms with Crippen LogP contribution >= 0.6 is 23.2 Å². The molecule has 2 aromatic heterocycles. The Morgan fingerprint density at radius 1 is 0.935 bits per heavy atom. The lowest BCUT2D eigenvalue weighted by molar-refractivity contribution is -0.178. The maximum Gasteiger partial charge on any atom is 0.349 e. The van der Waals surface area contributed by atoms with Gasteiger partial charge in [-0.25, -0.2) is 9.48 Å². The molecule has 1 N–H and O–H groups in total. The van der Waals surface area contributed by atoms with Gasteiger partial charge in [0.15, 0.2) is 0 Å². The third kappa shape index (κ3) is 8.17.